The summed E-state index contributed by atoms with van der Waals surface area (Å²) in [4.78, 5) is 11.7. The molecule has 22 heavy (non-hydrogen) atoms. The van der Waals surface area contributed by atoms with Crippen LogP contribution in [0.5, 0.6) is 0 Å². The van der Waals surface area contributed by atoms with E-state index in [2.05, 4.69) is 10.6 Å². The van der Waals surface area contributed by atoms with E-state index < -0.39 is 5.60 Å². The van der Waals surface area contributed by atoms with Crippen molar-refractivity contribution in [1.29, 1.82) is 0 Å². The van der Waals surface area contributed by atoms with Crippen molar-refractivity contribution in [3.8, 4) is 0 Å². The first-order chi connectivity index (χ1) is 10.3. The van der Waals surface area contributed by atoms with E-state index in [-0.39, 0.29) is 12.1 Å². The Balaban J connectivity index is 1.58. The van der Waals surface area contributed by atoms with Gasteiger partial charge in [0.25, 0.3) is 0 Å². The second kappa shape index (κ2) is 7.67. The molecule has 0 heterocycles. The van der Waals surface area contributed by atoms with Crippen LogP contribution in [0.4, 0.5) is 4.79 Å². The molecule has 0 aromatic rings. The summed E-state index contributed by atoms with van der Waals surface area (Å²) in [5.41, 5.74) is -0.429. The van der Waals surface area contributed by atoms with E-state index in [0.29, 0.717) is 6.04 Å². The van der Waals surface area contributed by atoms with Gasteiger partial charge in [0, 0.05) is 12.1 Å². The highest BCUT2D eigenvalue weighted by atomic mass is 16.6. The van der Waals surface area contributed by atoms with Crippen LogP contribution in [0, 0.1) is 11.8 Å². The highest BCUT2D eigenvalue weighted by molar-refractivity contribution is 5.67. The summed E-state index contributed by atoms with van der Waals surface area (Å²) >= 11 is 0. The Kier molecular flexibility index (Phi) is 6.13. The van der Waals surface area contributed by atoms with Crippen molar-refractivity contribution in [3.05, 3.63) is 0 Å². The molecule has 0 aromatic carbocycles. The van der Waals surface area contributed by atoms with Crippen LogP contribution < -0.4 is 10.6 Å². The molecular weight excluding hydrogens is 276 g/mol. The summed E-state index contributed by atoms with van der Waals surface area (Å²) in [5.74, 6) is 2.01. The number of hydrogen-bond donors (Lipinski definition) is 2. The lowest BCUT2D eigenvalue weighted by atomic mass is 9.82. The average molecular weight is 310 g/mol. The van der Waals surface area contributed by atoms with Crippen molar-refractivity contribution >= 4 is 6.09 Å². The van der Waals surface area contributed by atoms with Crippen LogP contribution in [0.25, 0.3) is 0 Å². The van der Waals surface area contributed by atoms with E-state index in [1.165, 1.54) is 38.5 Å². The van der Waals surface area contributed by atoms with Crippen LogP contribution in [0.1, 0.15) is 72.6 Å². The van der Waals surface area contributed by atoms with Gasteiger partial charge in [0.1, 0.15) is 5.60 Å². The van der Waals surface area contributed by atoms with Crippen molar-refractivity contribution in [2.45, 2.75) is 90.3 Å². The molecule has 2 aliphatic carbocycles. The van der Waals surface area contributed by atoms with Gasteiger partial charge >= 0.3 is 6.09 Å². The summed E-state index contributed by atoms with van der Waals surface area (Å²) < 4.78 is 5.28. The first-order valence-corrected chi connectivity index (χ1v) is 9.06. The topological polar surface area (TPSA) is 50.4 Å². The molecule has 4 heteroatoms. The van der Waals surface area contributed by atoms with Gasteiger partial charge in [-0.3, -0.25) is 0 Å². The Morgan fingerprint density at radius 2 is 1.91 bits per heavy atom. The number of amides is 1. The smallest absolute Gasteiger partial charge is 0.407 e. The molecule has 3 atom stereocenters. The highest BCUT2D eigenvalue weighted by Gasteiger charge is 2.34. The third-order valence-corrected chi connectivity index (χ3v) is 4.78. The Morgan fingerprint density at radius 3 is 2.55 bits per heavy atom. The number of carbonyl (C=O) groups is 1. The van der Waals surface area contributed by atoms with E-state index in [0.717, 1.165) is 24.8 Å². The normalized spacial score (nSPS) is 27.3. The standard InChI is InChI=1S/C18H34N2O2/c1-13(20-17(21)22-18(2,3)4)10-11-19-16-7-5-6-15(12-16)14-8-9-14/h13-16,19H,5-12H2,1-4H3,(H,20,21). The Hall–Kier alpha value is -0.770. The van der Waals surface area contributed by atoms with Crippen LogP contribution in [-0.4, -0.2) is 30.3 Å². The highest BCUT2D eigenvalue weighted by Crippen LogP contribution is 2.43. The second-order valence-corrected chi connectivity index (χ2v) is 8.25. The minimum Gasteiger partial charge on any atom is -0.444 e. The lowest BCUT2D eigenvalue weighted by Crippen LogP contribution is -2.41. The average Bonchev–Trinajstić information content (AvgIpc) is 3.20. The zero-order chi connectivity index (χ0) is 16.2. The Bertz CT molecular complexity index is 361. The zero-order valence-electron chi connectivity index (χ0n) is 14.8. The van der Waals surface area contributed by atoms with E-state index in [4.69, 9.17) is 4.74 Å². The summed E-state index contributed by atoms with van der Waals surface area (Å²) in [5, 5.41) is 6.60. The summed E-state index contributed by atoms with van der Waals surface area (Å²) in [6, 6.07) is 0.832. The van der Waals surface area contributed by atoms with Crippen LogP contribution in [0.15, 0.2) is 0 Å². The van der Waals surface area contributed by atoms with E-state index in [1.807, 2.05) is 27.7 Å². The molecular formula is C18H34N2O2. The van der Waals surface area contributed by atoms with Gasteiger partial charge in [-0.1, -0.05) is 12.8 Å². The molecule has 0 aromatic heterocycles. The van der Waals surface area contributed by atoms with Gasteiger partial charge in [-0.25, -0.2) is 4.79 Å². The molecule has 2 aliphatic rings. The maximum absolute atomic E-state index is 11.7. The molecule has 2 saturated carbocycles. The largest absolute Gasteiger partial charge is 0.444 e. The number of ether oxygens (including phenoxy) is 1. The first kappa shape index (κ1) is 17.6. The fourth-order valence-corrected chi connectivity index (χ4v) is 3.49. The van der Waals surface area contributed by atoms with Gasteiger partial charge in [0.15, 0.2) is 0 Å². The predicted octanol–water partition coefficient (Wildman–Crippen LogP) is 3.85. The molecule has 0 saturated heterocycles. The SMILES string of the molecule is CC(CCNC1CCCC(C2CC2)C1)NC(=O)OC(C)(C)C. The van der Waals surface area contributed by atoms with E-state index in [9.17, 15) is 4.79 Å². The third-order valence-electron chi connectivity index (χ3n) is 4.78. The minimum absolute atomic E-state index is 0.144. The van der Waals surface area contributed by atoms with Gasteiger partial charge in [-0.05, 0) is 78.2 Å². The summed E-state index contributed by atoms with van der Waals surface area (Å²) in [7, 11) is 0. The van der Waals surface area contributed by atoms with Crippen LogP contribution >= 0.6 is 0 Å². The molecule has 0 radical (unpaired) electrons. The number of alkyl carbamates (subject to hydrolysis) is 1. The number of carbonyl (C=O) groups excluding carboxylic acids is 1. The zero-order valence-corrected chi connectivity index (χ0v) is 14.8. The van der Waals surface area contributed by atoms with Gasteiger partial charge in [0.05, 0.1) is 0 Å². The quantitative estimate of drug-likeness (QED) is 0.783. The molecule has 2 N–H and O–H groups in total. The molecule has 3 unspecified atom stereocenters. The Morgan fingerprint density at radius 1 is 1.18 bits per heavy atom. The van der Waals surface area contributed by atoms with Crippen molar-refractivity contribution in [3.63, 3.8) is 0 Å². The molecule has 2 fully saturated rings. The van der Waals surface area contributed by atoms with Crippen LogP contribution in [-0.2, 0) is 4.74 Å². The van der Waals surface area contributed by atoms with Gasteiger partial charge < -0.3 is 15.4 Å². The molecule has 4 nitrogen and oxygen atoms in total. The molecule has 0 aliphatic heterocycles. The lowest BCUT2D eigenvalue weighted by molar-refractivity contribution is 0.0506. The van der Waals surface area contributed by atoms with Crippen LogP contribution in [0.3, 0.4) is 0 Å². The maximum atomic E-state index is 11.7. The second-order valence-electron chi connectivity index (χ2n) is 8.25. The molecule has 0 spiro atoms. The van der Waals surface area contributed by atoms with E-state index in [1.54, 1.807) is 0 Å². The van der Waals surface area contributed by atoms with Crippen LogP contribution in [0.2, 0.25) is 0 Å². The van der Waals surface area contributed by atoms with Crippen molar-refractivity contribution < 1.29 is 9.53 Å². The molecule has 2 rings (SSSR count). The maximum Gasteiger partial charge on any atom is 0.407 e. The molecule has 1 amide bonds. The Labute approximate surface area is 135 Å². The number of nitrogens with one attached hydrogen (secondary N) is 2. The van der Waals surface area contributed by atoms with Crippen molar-refractivity contribution in [2.75, 3.05) is 6.54 Å². The predicted molar refractivity (Wildman–Crippen MR) is 89.9 cm³/mol. The third kappa shape index (κ3) is 6.55. The van der Waals surface area contributed by atoms with Gasteiger partial charge in [-0.15, -0.1) is 0 Å². The first-order valence-electron chi connectivity index (χ1n) is 9.06. The molecule has 128 valence electrons. The summed E-state index contributed by atoms with van der Waals surface area (Å²) in [6.45, 7) is 8.67. The lowest BCUT2D eigenvalue weighted by Gasteiger charge is -2.30. The van der Waals surface area contributed by atoms with Crippen molar-refractivity contribution in [2.24, 2.45) is 11.8 Å². The summed E-state index contributed by atoms with van der Waals surface area (Å²) in [6.07, 6.45) is 9.07. The molecule has 0 bridgehead atoms. The van der Waals surface area contributed by atoms with Gasteiger partial charge in [-0.2, -0.15) is 0 Å². The monoisotopic (exact) mass is 310 g/mol. The van der Waals surface area contributed by atoms with Gasteiger partial charge in [0.2, 0.25) is 0 Å². The number of rotatable bonds is 6. The minimum atomic E-state index is -0.429. The fraction of sp³-hybridized carbons (Fsp3) is 0.944. The van der Waals surface area contributed by atoms with E-state index >= 15 is 0 Å². The van der Waals surface area contributed by atoms with Crippen molar-refractivity contribution in [1.82, 2.24) is 10.6 Å². The fourth-order valence-electron chi connectivity index (χ4n) is 3.49. The number of hydrogen-bond acceptors (Lipinski definition) is 3.